The first-order valence-electron chi connectivity index (χ1n) is 3.08. The monoisotopic (exact) mass is 178 g/mol. The molecule has 0 aliphatic heterocycles. The number of carboxylic acid groups (broad SMARTS) is 2. The third-order valence-electron chi connectivity index (χ3n) is 1.13. The van der Waals surface area contributed by atoms with Gasteiger partial charge in [0.25, 0.3) is 0 Å². The van der Waals surface area contributed by atoms with Crippen molar-refractivity contribution in [2.75, 3.05) is 6.54 Å². The Morgan fingerprint density at radius 2 is 1.83 bits per heavy atom. The van der Waals surface area contributed by atoms with Gasteiger partial charge in [-0.3, -0.25) is 10.1 Å². The Morgan fingerprint density at radius 3 is 2.08 bits per heavy atom. The summed E-state index contributed by atoms with van der Waals surface area (Å²) < 4.78 is 0. The first-order chi connectivity index (χ1) is 5.49. The van der Waals surface area contributed by atoms with E-state index in [9.17, 15) is 9.59 Å². The molecule has 0 aliphatic carbocycles. The van der Waals surface area contributed by atoms with E-state index >= 15 is 0 Å². The van der Waals surface area contributed by atoms with E-state index in [2.05, 4.69) is 0 Å². The molecule has 12 heavy (non-hydrogen) atoms. The molecule has 6 N–H and O–H groups in total. The van der Waals surface area contributed by atoms with Crippen molar-refractivity contribution < 1.29 is 24.9 Å². The number of aliphatic hydroxyl groups is 1. The molecular formula is C5H10N2O5. The van der Waals surface area contributed by atoms with Gasteiger partial charge in [0.05, 0.1) is 0 Å². The Balaban J connectivity index is 4.02. The minimum atomic E-state index is -1.91. The zero-order valence-electron chi connectivity index (χ0n) is 6.10. The number of carboxylic acids is 2. The van der Waals surface area contributed by atoms with Gasteiger partial charge in [-0.15, -0.1) is 0 Å². The summed E-state index contributed by atoms with van der Waals surface area (Å²) in [7, 11) is 0. The van der Waals surface area contributed by atoms with E-state index in [-0.39, 0.29) is 6.54 Å². The van der Waals surface area contributed by atoms with E-state index in [4.69, 9.17) is 21.1 Å². The number of carbonyl (C=O) groups is 2. The quantitative estimate of drug-likeness (QED) is 0.291. The molecule has 0 aliphatic rings. The van der Waals surface area contributed by atoms with Crippen molar-refractivity contribution in [2.24, 2.45) is 5.73 Å². The molecule has 0 saturated carbocycles. The van der Waals surface area contributed by atoms with Crippen LogP contribution in [-0.4, -0.2) is 46.1 Å². The van der Waals surface area contributed by atoms with Crippen molar-refractivity contribution in [3.8, 4) is 0 Å². The molecule has 70 valence electrons. The van der Waals surface area contributed by atoms with Gasteiger partial charge < -0.3 is 21.1 Å². The predicted octanol–water partition coefficient (Wildman–Crippen LogP) is -2.61. The molecule has 0 bridgehead atoms. The van der Waals surface area contributed by atoms with Gasteiger partial charge in [-0.1, -0.05) is 0 Å². The molecule has 7 nitrogen and oxygen atoms in total. The van der Waals surface area contributed by atoms with E-state index in [1.807, 2.05) is 5.32 Å². The molecule has 0 aromatic heterocycles. The van der Waals surface area contributed by atoms with Crippen molar-refractivity contribution in [1.82, 2.24) is 5.32 Å². The van der Waals surface area contributed by atoms with Crippen molar-refractivity contribution in [2.45, 2.75) is 12.3 Å². The van der Waals surface area contributed by atoms with Crippen LogP contribution in [-0.2, 0) is 9.59 Å². The average molecular weight is 178 g/mol. The normalized spacial score (nSPS) is 15.2. The highest BCUT2D eigenvalue weighted by Gasteiger charge is 2.22. The molecular weight excluding hydrogens is 168 g/mol. The second kappa shape index (κ2) is 4.65. The molecule has 0 heterocycles. The van der Waals surface area contributed by atoms with E-state index in [1.54, 1.807) is 0 Å². The maximum atomic E-state index is 10.2. The maximum absolute atomic E-state index is 10.2. The molecule has 0 saturated heterocycles. The first kappa shape index (κ1) is 10.8. The highest BCUT2D eigenvalue weighted by molar-refractivity contribution is 5.76. The summed E-state index contributed by atoms with van der Waals surface area (Å²) in [6.07, 6.45) is -1.91. The average Bonchev–Trinajstić information content (AvgIpc) is 1.98. The van der Waals surface area contributed by atoms with Crippen LogP contribution in [0.15, 0.2) is 0 Å². The Kier molecular flexibility index (Phi) is 4.19. The van der Waals surface area contributed by atoms with Crippen LogP contribution in [0.4, 0.5) is 0 Å². The van der Waals surface area contributed by atoms with Gasteiger partial charge in [-0.25, -0.2) is 4.79 Å². The number of hydrogen-bond acceptors (Lipinski definition) is 5. The molecule has 7 heteroatoms. The lowest BCUT2D eigenvalue weighted by atomic mass is 10.3. The van der Waals surface area contributed by atoms with Crippen molar-refractivity contribution in [3.63, 3.8) is 0 Å². The van der Waals surface area contributed by atoms with Crippen LogP contribution >= 0.6 is 0 Å². The molecule has 2 unspecified atom stereocenters. The van der Waals surface area contributed by atoms with Crippen LogP contribution in [0.25, 0.3) is 0 Å². The fourth-order valence-corrected chi connectivity index (χ4v) is 0.502. The zero-order chi connectivity index (χ0) is 9.72. The fraction of sp³-hybridized carbons (Fsp3) is 0.600. The molecule has 0 aromatic carbocycles. The summed E-state index contributed by atoms with van der Waals surface area (Å²) in [6.45, 7) is -0.292. The summed E-state index contributed by atoms with van der Waals surface area (Å²) >= 11 is 0. The molecule has 0 rings (SSSR count). The zero-order valence-corrected chi connectivity index (χ0v) is 6.10. The van der Waals surface area contributed by atoms with Gasteiger partial charge in [-0.05, 0) is 0 Å². The fourth-order valence-electron chi connectivity index (χ4n) is 0.502. The van der Waals surface area contributed by atoms with E-state index in [0.717, 1.165) is 0 Å². The van der Waals surface area contributed by atoms with Crippen molar-refractivity contribution in [1.29, 1.82) is 0 Å². The Bertz CT molecular complexity index is 183. The number of nitrogens with one attached hydrogen (secondary N) is 1. The van der Waals surface area contributed by atoms with Gasteiger partial charge in [-0.2, -0.15) is 0 Å². The van der Waals surface area contributed by atoms with Gasteiger partial charge >= 0.3 is 11.9 Å². The van der Waals surface area contributed by atoms with Crippen molar-refractivity contribution >= 4 is 11.9 Å². The molecule has 2 atom stereocenters. The minimum Gasteiger partial charge on any atom is -0.480 e. The van der Waals surface area contributed by atoms with Crippen LogP contribution in [0, 0.1) is 0 Å². The molecule has 0 amide bonds. The number of aliphatic carboxylic acids is 2. The van der Waals surface area contributed by atoms with E-state index in [1.165, 1.54) is 0 Å². The van der Waals surface area contributed by atoms with Crippen LogP contribution in [0.5, 0.6) is 0 Å². The van der Waals surface area contributed by atoms with Gasteiger partial charge in [0.15, 0.2) is 0 Å². The lowest BCUT2D eigenvalue weighted by Crippen LogP contribution is -2.50. The van der Waals surface area contributed by atoms with Gasteiger partial charge in [0, 0.05) is 6.54 Å². The predicted molar refractivity (Wildman–Crippen MR) is 37.3 cm³/mol. The lowest BCUT2D eigenvalue weighted by Gasteiger charge is -2.13. The first-order valence-corrected chi connectivity index (χ1v) is 3.08. The van der Waals surface area contributed by atoms with Crippen LogP contribution < -0.4 is 11.1 Å². The van der Waals surface area contributed by atoms with Crippen LogP contribution in [0.2, 0.25) is 0 Å². The van der Waals surface area contributed by atoms with Gasteiger partial charge in [0.2, 0.25) is 6.23 Å². The van der Waals surface area contributed by atoms with Crippen LogP contribution in [0.1, 0.15) is 0 Å². The summed E-state index contributed by atoms with van der Waals surface area (Å²) in [6, 6.07) is -1.25. The summed E-state index contributed by atoms with van der Waals surface area (Å²) in [5, 5.41) is 27.1. The topological polar surface area (TPSA) is 133 Å². The third-order valence-corrected chi connectivity index (χ3v) is 1.13. The second-order valence-corrected chi connectivity index (χ2v) is 2.03. The summed E-state index contributed by atoms with van der Waals surface area (Å²) in [4.78, 5) is 20.3. The second-order valence-electron chi connectivity index (χ2n) is 2.03. The molecule has 0 fully saturated rings. The number of hydrogen-bond donors (Lipinski definition) is 5. The number of rotatable bonds is 5. The number of nitrogens with two attached hydrogens (primary N) is 1. The van der Waals surface area contributed by atoms with E-state index < -0.39 is 24.2 Å². The molecule has 0 aromatic rings. The third kappa shape index (κ3) is 3.28. The smallest absolute Gasteiger partial charge is 0.347 e. The van der Waals surface area contributed by atoms with E-state index in [0.29, 0.717) is 0 Å². The Morgan fingerprint density at radius 1 is 1.33 bits per heavy atom. The highest BCUT2D eigenvalue weighted by Crippen LogP contribution is 1.84. The minimum absolute atomic E-state index is 0.292. The highest BCUT2D eigenvalue weighted by atomic mass is 16.4. The lowest BCUT2D eigenvalue weighted by molar-refractivity contribution is -0.150. The standard InChI is InChI=1S/C5H10N2O5/c6-1-2(4(9)10)7-3(8)5(11)12/h2-3,7-8H,1,6H2,(H,9,10)(H,11,12). The Labute approximate surface area is 67.8 Å². The molecule has 0 radical (unpaired) electrons. The van der Waals surface area contributed by atoms with Crippen LogP contribution in [0.3, 0.4) is 0 Å². The SMILES string of the molecule is NCC(NC(O)C(=O)O)C(=O)O. The number of aliphatic hydroxyl groups excluding tert-OH is 1. The largest absolute Gasteiger partial charge is 0.480 e. The summed E-state index contributed by atoms with van der Waals surface area (Å²) in [5.41, 5.74) is 4.97. The summed E-state index contributed by atoms with van der Waals surface area (Å²) in [5.74, 6) is -2.85. The maximum Gasteiger partial charge on any atom is 0.347 e. The Hall–Kier alpha value is -1.18. The molecule has 0 spiro atoms. The van der Waals surface area contributed by atoms with Crippen molar-refractivity contribution in [3.05, 3.63) is 0 Å². The van der Waals surface area contributed by atoms with Gasteiger partial charge in [0.1, 0.15) is 6.04 Å².